The van der Waals surface area contributed by atoms with Gasteiger partial charge in [0.25, 0.3) is 0 Å². The van der Waals surface area contributed by atoms with Gasteiger partial charge in [0.1, 0.15) is 0 Å². The van der Waals surface area contributed by atoms with Crippen LogP contribution in [0.3, 0.4) is 0 Å². The van der Waals surface area contributed by atoms with Crippen LogP contribution < -0.4 is 0 Å². The van der Waals surface area contributed by atoms with E-state index in [1.54, 1.807) is 0 Å². The zero-order chi connectivity index (χ0) is 4.83. The van der Waals surface area contributed by atoms with E-state index in [1.165, 1.54) is 12.1 Å². The van der Waals surface area contributed by atoms with Gasteiger partial charge in [0.05, 0.1) is 0 Å². The van der Waals surface area contributed by atoms with Gasteiger partial charge < -0.3 is 0 Å². The van der Waals surface area contributed by atoms with Crippen molar-refractivity contribution in [2.75, 3.05) is 5.88 Å². The van der Waals surface area contributed by atoms with Crippen LogP contribution in [-0.4, -0.2) is 15.4 Å². The van der Waals surface area contributed by atoms with Crippen LogP contribution in [0.1, 0.15) is 6.92 Å². The third-order valence-electron chi connectivity index (χ3n) is 0.737. The highest BCUT2D eigenvalue weighted by Crippen LogP contribution is 1.85. The molecule has 0 aliphatic rings. The van der Waals surface area contributed by atoms with Gasteiger partial charge in [-0.05, 0) is 6.04 Å². The van der Waals surface area contributed by atoms with E-state index in [0.717, 1.165) is 5.88 Å². The zero-order valence-corrected chi connectivity index (χ0v) is 6.38. The van der Waals surface area contributed by atoms with Gasteiger partial charge in [0, 0.05) is 15.4 Å². The number of alkyl halides is 1. The molecule has 0 fully saturated rings. The minimum Gasteiger partial charge on any atom is -0.127 e. The van der Waals surface area contributed by atoms with Gasteiger partial charge in [0.15, 0.2) is 0 Å². The summed E-state index contributed by atoms with van der Waals surface area (Å²) in [6.45, 7) is 2.23. The molecule has 2 heteroatoms. The molecule has 0 spiro atoms. The molecule has 0 nitrogen and oxygen atoms in total. The van der Waals surface area contributed by atoms with Crippen LogP contribution in [0.5, 0.6) is 0 Å². The summed E-state index contributed by atoms with van der Waals surface area (Å²) < 4.78 is 0. The largest absolute Gasteiger partial charge is 0.127 e. The van der Waals surface area contributed by atoms with Crippen molar-refractivity contribution in [3.63, 3.8) is 0 Å². The lowest BCUT2D eigenvalue weighted by molar-refractivity contribution is 1.37. The minimum atomic E-state index is 0.290. The minimum absolute atomic E-state index is 0.290. The predicted octanol–water partition coefficient (Wildman–Crippen LogP) is 1.25. The Bertz CT molecular complexity index is 19.5. The zero-order valence-electron chi connectivity index (χ0n) is 4.21. The third kappa shape index (κ3) is 4.51. The molecule has 38 valence electrons. The quantitative estimate of drug-likeness (QED) is 0.300. The summed E-state index contributed by atoms with van der Waals surface area (Å²) >= 11 is 5.42. The second kappa shape index (κ2) is 5.51. The molecule has 0 amide bonds. The van der Waals surface area contributed by atoms with E-state index in [9.17, 15) is 0 Å². The van der Waals surface area contributed by atoms with Crippen LogP contribution in [0.15, 0.2) is 0 Å². The summed E-state index contributed by atoms with van der Waals surface area (Å²) in [5, 5.41) is 0. The average molecular weight is 123 g/mol. The summed E-state index contributed by atoms with van der Waals surface area (Å²) in [5.41, 5.74) is 0. The highest BCUT2D eigenvalue weighted by atomic mass is 35.5. The van der Waals surface area contributed by atoms with Crippen molar-refractivity contribution in [2.24, 2.45) is 0 Å². The van der Waals surface area contributed by atoms with Crippen molar-refractivity contribution in [3.8, 4) is 0 Å². The smallest absolute Gasteiger partial charge is 0.0208 e. The van der Waals surface area contributed by atoms with Crippen molar-refractivity contribution < 1.29 is 0 Å². The van der Waals surface area contributed by atoms with Crippen molar-refractivity contribution in [2.45, 2.75) is 19.0 Å². The highest BCUT2D eigenvalue weighted by molar-refractivity contribution is 6.37. The maximum Gasteiger partial charge on any atom is 0.0208 e. The normalized spacial score (nSPS) is 11.0. The summed E-state index contributed by atoms with van der Waals surface area (Å²) in [4.78, 5) is 0. The molecule has 0 aromatic heterocycles. The second-order valence-electron chi connectivity index (χ2n) is 1.40. The van der Waals surface area contributed by atoms with E-state index in [4.69, 9.17) is 11.6 Å². The van der Waals surface area contributed by atoms with Gasteiger partial charge in [0.2, 0.25) is 0 Å². The Morgan fingerprint density at radius 3 is 2.50 bits per heavy atom. The lowest BCUT2D eigenvalue weighted by Crippen LogP contribution is -1.83. The molecule has 0 atom stereocenters. The number of halogens is 1. The molecule has 0 saturated heterocycles. The summed E-state index contributed by atoms with van der Waals surface area (Å²) in [6.07, 6.45) is 0. The first kappa shape index (κ1) is 6.51. The van der Waals surface area contributed by atoms with E-state index < -0.39 is 0 Å². The molecule has 0 heterocycles. The number of hydrogen-bond acceptors (Lipinski definition) is 0. The van der Waals surface area contributed by atoms with Crippen LogP contribution in [0.2, 0.25) is 12.1 Å². The van der Waals surface area contributed by atoms with Crippen LogP contribution in [-0.2, 0) is 0 Å². The van der Waals surface area contributed by atoms with E-state index in [2.05, 4.69) is 6.92 Å². The fourth-order valence-corrected chi connectivity index (χ4v) is 1.60. The molecule has 0 N–H and O–H groups in total. The third-order valence-corrected chi connectivity index (χ3v) is 3.01. The van der Waals surface area contributed by atoms with Crippen LogP contribution >= 0.6 is 11.6 Å². The Morgan fingerprint density at radius 1 is 1.67 bits per heavy atom. The summed E-state index contributed by atoms with van der Waals surface area (Å²) in [7, 11) is 0.290. The van der Waals surface area contributed by atoms with Gasteiger partial charge in [-0.1, -0.05) is 13.0 Å². The SMILES string of the molecule is CC[SiH2]CCCl. The fourth-order valence-electron chi connectivity index (χ4n) is 0.344. The van der Waals surface area contributed by atoms with Gasteiger partial charge in [-0.2, -0.15) is 0 Å². The Labute approximate surface area is 46.7 Å². The molecule has 0 aromatic carbocycles. The molecular formula is C4H11ClSi. The standard InChI is InChI=1S/C4H11ClSi/c1-2-6-4-3-5/h2-4,6H2,1H3. The van der Waals surface area contributed by atoms with Crippen LogP contribution in [0.4, 0.5) is 0 Å². The summed E-state index contributed by atoms with van der Waals surface area (Å²) in [6, 6.07) is 2.73. The summed E-state index contributed by atoms with van der Waals surface area (Å²) in [5.74, 6) is 0.889. The molecule has 0 saturated carbocycles. The van der Waals surface area contributed by atoms with Gasteiger partial charge in [-0.15, -0.1) is 11.6 Å². The van der Waals surface area contributed by atoms with Crippen molar-refractivity contribution >= 4 is 21.1 Å². The van der Waals surface area contributed by atoms with Crippen LogP contribution in [0.25, 0.3) is 0 Å². The second-order valence-corrected chi connectivity index (χ2v) is 4.19. The van der Waals surface area contributed by atoms with Crippen LogP contribution in [0, 0.1) is 0 Å². The van der Waals surface area contributed by atoms with E-state index in [1.807, 2.05) is 0 Å². The molecular weight excluding hydrogens is 112 g/mol. The molecule has 0 radical (unpaired) electrons. The first-order chi connectivity index (χ1) is 2.91. The van der Waals surface area contributed by atoms with E-state index >= 15 is 0 Å². The van der Waals surface area contributed by atoms with Crippen molar-refractivity contribution in [1.29, 1.82) is 0 Å². The lowest BCUT2D eigenvalue weighted by Gasteiger charge is -1.83. The van der Waals surface area contributed by atoms with E-state index in [-0.39, 0.29) is 9.52 Å². The number of rotatable bonds is 3. The Hall–Kier alpha value is 0.507. The number of hydrogen-bond donors (Lipinski definition) is 0. The highest BCUT2D eigenvalue weighted by Gasteiger charge is 1.78. The molecule has 0 bridgehead atoms. The fraction of sp³-hybridized carbons (Fsp3) is 1.00. The van der Waals surface area contributed by atoms with Gasteiger partial charge in [-0.25, -0.2) is 0 Å². The maximum absolute atomic E-state index is 5.42. The monoisotopic (exact) mass is 122 g/mol. The van der Waals surface area contributed by atoms with Gasteiger partial charge in [-0.3, -0.25) is 0 Å². The lowest BCUT2D eigenvalue weighted by atomic mass is 10.9. The molecule has 0 rings (SSSR count). The van der Waals surface area contributed by atoms with E-state index in [0.29, 0.717) is 0 Å². The molecule has 6 heavy (non-hydrogen) atoms. The van der Waals surface area contributed by atoms with Gasteiger partial charge >= 0.3 is 0 Å². The topological polar surface area (TPSA) is 0 Å². The molecule has 0 unspecified atom stereocenters. The molecule has 0 aromatic rings. The maximum atomic E-state index is 5.42. The molecule has 0 aliphatic heterocycles. The Morgan fingerprint density at radius 2 is 2.33 bits per heavy atom. The Balaban J connectivity index is 2.34. The first-order valence-corrected chi connectivity index (χ1v) is 5.01. The predicted molar refractivity (Wildman–Crippen MR) is 34.6 cm³/mol. The Kier molecular flexibility index (Phi) is 5.97. The average Bonchev–Trinajstić information content (AvgIpc) is 1.61. The molecule has 0 aliphatic carbocycles. The van der Waals surface area contributed by atoms with Crippen molar-refractivity contribution in [1.82, 2.24) is 0 Å². The first-order valence-electron chi connectivity index (χ1n) is 2.47. The van der Waals surface area contributed by atoms with Crippen molar-refractivity contribution in [3.05, 3.63) is 0 Å².